The molecule has 0 spiro atoms. The normalized spacial score (nSPS) is 10.7. The van der Waals surface area contributed by atoms with Crippen LogP contribution < -0.4 is 0 Å². The highest BCUT2D eigenvalue weighted by atomic mass is 16.7. The number of esters is 3. The minimum atomic E-state index is -1.23. The van der Waals surface area contributed by atoms with E-state index in [1.165, 1.54) is 19.9 Å². The molecule has 0 aromatic rings. The molecule has 0 N–H and O–H groups in total. The van der Waals surface area contributed by atoms with E-state index in [0.29, 0.717) is 0 Å². The van der Waals surface area contributed by atoms with Crippen molar-refractivity contribution >= 4 is 23.7 Å². The Kier molecular flexibility index (Phi) is 9.85. The SMILES string of the molecule is C=C(C#N)/C=C(\C(=O)OCC)C(=O)OCOC(=O)/C(C#N)=C/C(=C)C(C)=O. The molecule has 0 aliphatic carbocycles. The quantitative estimate of drug-likeness (QED) is 0.111. The van der Waals surface area contributed by atoms with Crippen molar-refractivity contribution in [2.45, 2.75) is 13.8 Å². The number of ether oxygens (including phenoxy) is 3. The van der Waals surface area contributed by atoms with E-state index in [1.807, 2.05) is 0 Å². The third kappa shape index (κ3) is 8.09. The molecule has 0 radical (unpaired) electrons. The number of hydrogen-bond acceptors (Lipinski definition) is 9. The molecule has 0 saturated carbocycles. The largest absolute Gasteiger partial charge is 0.462 e. The Labute approximate surface area is 155 Å². The van der Waals surface area contributed by atoms with Crippen molar-refractivity contribution in [1.29, 1.82) is 10.5 Å². The summed E-state index contributed by atoms with van der Waals surface area (Å²) in [6.45, 7) is 8.40. The standard InChI is InChI=1S/C18H16N2O7/c1-5-25-17(23)15(6-11(2)8-19)18(24)27-10-26-16(22)14(9-20)7-12(3)13(4)21/h6-7H,2-3,5,10H2,1,4H3/b14-7+,15-6+. The predicted molar refractivity (Wildman–Crippen MR) is 90.0 cm³/mol. The maximum absolute atomic E-state index is 11.9. The van der Waals surface area contributed by atoms with E-state index in [2.05, 4.69) is 27.4 Å². The number of allylic oxidation sites excluding steroid dienone is 4. The van der Waals surface area contributed by atoms with Crippen LogP contribution in [0.1, 0.15) is 13.8 Å². The Morgan fingerprint density at radius 3 is 1.96 bits per heavy atom. The Morgan fingerprint density at radius 2 is 1.48 bits per heavy atom. The lowest BCUT2D eigenvalue weighted by Gasteiger charge is -2.08. The van der Waals surface area contributed by atoms with Crippen LogP contribution in [0.5, 0.6) is 0 Å². The van der Waals surface area contributed by atoms with Gasteiger partial charge in [0.1, 0.15) is 17.2 Å². The summed E-state index contributed by atoms with van der Waals surface area (Å²) < 4.78 is 13.8. The highest BCUT2D eigenvalue weighted by Gasteiger charge is 2.22. The molecule has 27 heavy (non-hydrogen) atoms. The highest BCUT2D eigenvalue weighted by Crippen LogP contribution is 2.08. The molecule has 0 aromatic carbocycles. The minimum absolute atomic E-state index is 0.0339. The molecule has 0 aliphatic heterocycles. The first-order valence-electron chi connectivity index (χ1n) is 7.31. The lowest BCUT2D eigenvalue weighted by Crippen LogP contribution is -2.21. The van der Waals surface area contributed by atoms with Gasteiger partial charge >= 0.3 is 17.9 Å². The molecule has 0 amide bonds. The first-order valence-corrected chi connectivity index (χ1v) is 7.31. The van der Waals surface area contributed by atoms with Crippen molar-refractivity contribution < 1.29 is 33.4 Å². The maximum atomic E-state index is 11.9. The van der Waals surface area contributed by atoms with E-state index < -0.39 is 41.6 Å². The summed E-state index contributed by atoms with van der Waals surface area (Å²) in [6, 6.07) is 3.14. The van der Waals surface area contributed by atoms with E-state index in [0.717, 1.165) is 12.2 Å². The molecule has 0 fully saturated rings. The maximum Gasteiger partial charge on any atom is 0.351 e. The summed E-state index contributed by atoms with van der Waals surface area (Å²) in [4.78, 5) is 46.5. The number of Topliss-reactive ketones (excluding diaryl/α,β-unsaturated/α-hetero) is 1. The number of ketones is 1. The van der Waals surface area contributed by atoms with Crippen LogP contribution in [0.15, 0.2) is 47.6 Å². The van der Waals surface area contributed by atoms with Crippen LogP contribution in [0.25, 0.3) is 0 Å². The lowest BCUT2D eigenvalue weighted by molar-refractivity contribution is -0.162. The molecule has 9 nitrogen and oxygen atoms in total. The second kappa shape index (κ2) is 11.6. The van der Waals surface area contributed by atoms with Crippen LogP contribution in [-0.2, 0) is 33.4 Å². The van der Waals surface area contributed by atoms with Crippen LogP contribution in [0.2, 0.25) is 0 Å². The fraction of sp³-hybridized carbons (Fsp3) is 0.222. The van der Waals surface area contributed by atoms with Crippen LogP contribution in [0, 0.1) is 22.7 Å². The third-order valence-electron chi connectivity index (χ3n) is 2.67. The van der Waals surface area contributed by atoms with Gasteiger partial charge in [-0.25, -0.2) is 14.4 Å². The smallest absolute Gasteiger partial charge is 0.351 e. The number of carbonyl (C=O) groups excluding carboxylic acids is 4. The van der Waals surface area contributed by atoms with Crippen LogP contribution in [-0.4, -0.2) is 37.1 Å². The van der Waals surface area contributed by atoms with Gasteiger partial charge in [0.05, 0.1) is 12.7 Å². The summed E-state index contributed by atoms with van der Waals surface area (Å²) in [6.07, 6.45) is 1.78. The van der Waals surface area contributed by atoms with Crippen LogP contribution in [0.3, 0.4) is 0 Å². The first kappa shape index (κ1) is 23.0. The zero-order valence-corrected chi connectivity index (χ0v) is 14.7. The fourth-order valence-electron chi connectivity index (χ4n) is 1.32. The van der Waals surface area contributed by atoms with Crippen molar-refractivity contribution in [3.63, 3.8) is 0 Å². The van der Waals surface area contributed by atoms with Crippen LogP contribution in [0.4, 0.5) is 0 Å². The number of rotatable bonds is 9. The molecular weight excluding hydrogens is 356 g/mol. The zero-order chi connectivity index (χ0) is 21.0. The zero-order valence-electron chi connectivity index (χ0n) is 14.7. The van der Waals surface area contributed by atoms with Crippen molar-refractivity contribution in [1.82, 2.24) is 0 Å². The van der Waals surface area contributed by atoms with Gasteiger partial charge in [0.25, 0.3) is 0 Å². The number of nitrogens with zero attached hydrogens (tertiary/aromatic N) is 2. The van der Waals surface area contributed by atoms with Gasteiger partial charge in [0.15, 0.2) is 5.78 Å². The molecule has 0 atom stereocenters. The molecule has 0 rings (SSSR count). The van der Waals surface area contributed by atoms with Gasteiger partial charge in [0, 0.05) is 11.1 Å². The Balaban J connectivity index is 5.06. The topological polar surface area (TPSA) is 144 Å². The van der Waals surface area contributed by atoms with Crippen LogP contribution >= 0.6 is 0 Å². The van der Waals surface area contributed by atoms with E-state index in [4.69, 9.17) is 10.5 Å². The van der Waals surface area contributed by atoms with Gasteiger partial charge in [-0.15, -0.1) is 0 Å². The molecule has 0 aliphatic rings. The first-order chi connectivity index (χ1) is 12.7. The van der Waals surface area contributed by atoms with Gasteiger partial charge in [-0.05, 0) is 26.0 Å². The monoisotopic (exact) mass is 372 g/mol. The highest BCUT2D eigenvalue weighted by molar-refractivity contribution is 6.14. The van der Waals surface area contributed by atoms with Crippen molar-refractivity contribution in [2.24, 2.45) is 0 Å². The summed E-state index contributed by atoms with van der Waals surface area (Å²) in [5, 5.41) is 17.6. The summed E-state index contributed by atoms with van der Waals surface area (Å²) in [5.74, 6) is -3.91. The van der Waals surface area contributed by atoms with Crippen molar-refractivity contribution in [2.75, 3.05) is 13.4 Å². The van der Waals surface area contributed by atoms with Gasteiger partial charge in [-0.1, -0.05) is 13.2 Å². The van der Waals surface area contributed by atoms with Gasteiger partial charge in [0.2, 0.25) is 6.79 Å². The molecule has 9 heteroatoms. The fourth-order valence-corrected chi connectivity index (χ4v) is 1.32. The minimum Gasteiger partial charge on any atom is -0.462 e. The second-order valence-corrected chi connectivity index (χ2v) is 4.65. The molecule has 0 bridgehead atoms. The van der Waals surface area contributed by atoms with Gasteiger partial charge in [-0.2, -0.15) is 10.5 Å². The summed E-state index contributed by atoms with van der Waals surface area (Å²) in [5.41, 5.74) is -1.46. The summed E-state index contributed by atoms with van der Waals surface area (Å²) >= 11 is 0. The van der Waals surface area contributed by atoms with E-state index >= 15 is 0 Å². The Morgan fingerprint density at radius 1 is 0.926 bits per heavy atom. The molecular formula is C18H16N2O7. The van der Waals surface area contributed by atoms with E-state index in [1.54, 1.807) is 6.07 Å². The number of nitriles is 2. The molecule has 140 valence electrons. The Hall–Kier alpha value is -3.98. The van der Waals surface area contributed by atoms with Crippen molar-refractivity contribution in [3.8, 4) is 12.1 Å². The van der Waals surface area contributed by atoms with E-state index in [9.17, 15) is 19.2 Å². The van der Waals surface area contributed by atoms with Gasteiger partial charge in [-0.3, -0.25) is 4.79 Å². The average Bonchev–Trinajstić information content (AvgIpc) is 2.63. The average molecular weight is 372 g/mol. The molecule has 0 heterocycles. The summed E-state index contributed by atoms with van der Waals surface area (Å²) in [7, 11) is 0. The second-order valence-electron chi connectivity index (χ2n) is 4.65. The van der Waals surface area contributed by atoms with Gasteiger partial charge < -0.3 is 14.2 Å². The molecule has 0 unspecified atom stereocenters. The predicted octanol–water partition coefficient (Wildman–Crippen LogP) is 1.19. The molecule has 0 saturated heterocycles. The van der Waals surface area contributed by atoms with E-state index in [-0.39, 0.29) is 17.8 Å². The molecule has 0 aromatic heterocycles. The number of hydrogen-bond donors (Lipinski definition) is 0. The Bertz CT molecular complexity index is 820. The van der Waals surface area contributed by atoms with Crippen molar-refractivity contribution in [3.05, 3.63) is 47.6 Å². The third-order valence-corrected chi connectivity index (χ3v) is 2.67. The lowest BCUT2D eigenvalue weighted by atomic mass is 10.1. The number of carbonyl (C=O) groups is 4.